The SMILES string of the molecule is CN1C(C(=O)O)=C(C#N)CC1C(=O)c1ccccc1. The Morgan fingerprint density at radius 3 is 2.47 bits per heavy atom. The van der Waals surface area contributed by atoms with Crippen molar-refractivity contribution < 1.29 is 14.7 Å². The number of hydrogen-bond acceptors (Lipinski definition) is 4. The van der Waals surface area contributed by atoms with Gasteiger partial charge in [-0.3, -0.25) is 4.79 Å². The Labute approximate surface area is 110 Å². The van der Waals surface area contributed by atoms with Crippen LogP contribution in [0.3, 0.4) is 0 Å². The second-order valence-corrected chi connectivity index (χ2v) is 4.31. The molecule has 19 heavy (non-hydrogen) atoms. The van der Waals surface area contributed by atoms with Crippen LogP contribution in [-0.2, 0) is 4.79 Å². The van der Waals surface area contributed by atoms with Crippen molar-refractivity contribution in [2.75, 3.05) is 7.05 Å². The lowest BCUT2D eigenvalue weighted by molar-refractivity contribution is -0.134. The van der Waals surface area contributed by atoms with Crippen molar-refractivity contribution in [3.8, 4) is 6.07 Å². The second-order valence-electron chi connectivity index (χ2n) is 4.31. The summed E-state index contributed by atoms with van der Waals surface area (Å²) in [7, 11) is 1.53. The quantitative estimate of drug-likeness (QED) is 0.827. The number of rotatable bonds is 3. The van der Waals surface area contributed by atoms with E-state index in [0.717, 1.165) is 0 Å². The Morgan fingerprint density at radius 2 is 2.00 bits per heavy atom. The zero-order valence-corrected chi connectivity index (χ0v) is 10.3. The van der Waals surface area contributed by atoms with E-state index in [1.165, 1.54) is 11.9 Å². The molecule has 0 bridgehead atoms. The number of carbonyl (C=O) groups excluding carboxylic acids is 1. The lowest BCUT2D eigenvalue weighted by atomic mass is 10.0. The molecular formula is C14H12N2O3. The summed E-state index contributed by atoms with van der Waals surface area (Å²) in [6.45, 7) is 0. The van der Waals surface area contributed by atoms with Crippen molar-refractivity contribution in [3.63, 3.8) is 0 Å². The van der Waals surface area contributed by atoms with E-state index in [-0.39, 0.29) is 23.5 Å². The number of aliphatic carboxylic acids is 1. The predicted molar refractivity (Wildman–Crippen MR) is 67.2 cm³/mol. The van der Waals surface area contributed by atoms with Crippen LogP contribution >= 0.6 is 0 Å². The Balaban J connectivity index is 2.30. The van der Waals surface area contributed by atoms with Crippen LogP contribution in [0.1, 0.15) is 16.8 Å². The van der Waals surface area contributed by atoms with Gasteiger partial charge in [0.2, 0.25) is 0 Å². The maximum atomic E-state index is 12.3. The van der Waals surface area contributed by atoms with Crippen LogP contribution in [0.15, 0.2) is 41.6 Å². The number of nitriles is 1. The lowest BCUT2D eigenvalue weighted by Crippen LogP contribution is -2.35. The van der Waals surface area contributed by atoms with Gasteiger partial charge in [-0.1, -0.05) is 30.3 Å². The molecule has 1 aromatic carbocycles. The molecule has 0 amide bonds. The fourth-order valence-electron chi connectivity index (χ4n) is 2.24. The first-order chi connectivity index (χ1) is 9.06. The minimum atomic E-state index is -1.18. The van der Waals surface area contributed by atoms with Gasteiger partial charge in [-0.2, -0.15) is 5.26 Å². The van der Waals surface area contributed by atoms with Gasteiger partial charge < -0.3 is 10.0 Å². The third-order valence-electron chi connectivity index (χ3n) is 3.20. The average molecular weight is 256 g/mol. The van der Waals surface area contributed by atoms with Crippen molar-refractivity contribution in [2.45, 2.75) is 12.5 Å². The molecule has 96 valence electrons. The minimum absolute atomic E-state index is 0.0863. The Hall–Kier alpha value is -2.61. The van der Waals surface area contributed by atoms with Gasteiger partial charge in [-0.05, 0) is 0 Å². The van der Waals surface area contributed by atoms with Crippen LogP contribution in [0.4, 0.5) is 0 Å². The number of carbonyl (C=O) groups is 2. The number of nitrogens with zero attached hydrogens (tertiary/aromatic N) is 2. The molecule has 1 heterocycles. The number of ketones is 1. The smallest absolute Gasteiger partial charge is 0.353 e. The summed E-state index contributed by atoms with van der Waals surface area (Å²) in [6, 6.07) is 9.91. The second kappa shape index (κ2) is 4.94. The number of hydrogen-bond donors (Lipinski definition) is 1. The summed E-state index contributed by atoms with van der Waals surface area (Å²) in [5, 5.41) is 18.1. The van der Waals surface area contributed by atoms with E-state index in [9.17, 15) is 9.59 Å². The number of likely N-dealkylation sites (N-methyl/N-ethyl adjacent to an activating group) is 1. The van der Waals surface area contributed by atoms with E-state index in [1.807, 2.05) is 6.07 Å². The van der Waals surface area contributed by atoms with Crippen LogP contribution in [0.5, 0.6) is 0 Å². The van der Waals surface area contributed by atoms with Crippen LogP contribution in [0.25, 0.3) is 0 Å². The van der Waals surface area contributed by atoms with Gasteiger partial charge in [0.15, 0.2) is 5.78 Å². The Bertz CT molecular complexity index is 599. The van der Waals surface area contributed by atoms with E-state index in [2.05, 4.69) is 0 Å². The van der Waals surface area contributed by atoms with Crippen LogP contribution in [-0.4, -0.2) is 34.8 Å². The zero-order chi connectivity index (χ0) is 14.0. The molecule has 1 aliphatic rings. The van der Waals surface area contributed by atoms with Crippen molar-refractivity contribution in [2.24, 2.45) is 0 Å². The highest BCUT2D eigenvalue weighted by atomic mass is 16.4. The number of carboxylic acid groups (broad SMARTS) is 1. The molecule has 1 atom stereocenters. The molecular weight excluding hydrogens is 244 g/mol. The molecule has 1 N–H and O–H groups in total. The van der Waals surface area contributed by atoms with Gasteiger partial charge in [0.1, 0.15) is 5.70 Å². The van der Waals surface area contributed by atoms with Gasteiger partial charge in [0.25, 0.3) is 0 Å². The first kappa shape index (κ1) is 12.8. The Morgan fingerprint density at radius 1 is 1.37 bits per heavy atom. The highest BCUT2D eigenvalue weighted by Crippen LogP contribution is 2.29. The fraction of sp³-hybridized carbons (Fsp3) is 0.214. The zero-order valence-electron chi connectivity index (χ0n) is 10.3. The molecule has 0 aromatic heterocycles. The molecule has 1 unspecified atom stereocenters. The summed E-state index contributed by atoms with van der Waals surface area (Å²) < 4.78 is 0. The van der Waals surface area contributed by atoms with Crippen LogP contribution in [0, 0.1) is 11.3 Å². The van der Waals surface area contributed by atoms with Crippen molar-refractivity contribution in [1.82, 2.24) is 4.90 Å². The van der Waals surface area contributed by atoms with Gasteiger partial charge in [-0.25, -0.2) is 4.79 Å². The molecule has 1 aromatic rings. The summed E-state index contributed by atoms with van der Waals surface area (Å²) in [4.78, 5) is 24.8. The molecule has 1 aliphatic heterocycles. The third kappa shape index (κ3) is 2.20. The molecule has 5 nitrogen and oxygen atoms in total. The summed E-state index contributed by atoms with van der Waals surface area (Å²) in [6.07, 6.45) is 0.141. The first-order valence-corrected chi connectivity index (χ1v) is 5.75. The topological polar surface area (TPSA) is 81.4 Å². The fourth-order valence-corrected chi connectivity index (χ4v) is 2.24. The summed E-state index contributed by atoms with van der Waals surface area (Å²) in [5.74, 6) is -1.35. The normalized spacial score (nSPS) is 18.3. The lowest BCUT2D eigenvalue weighted by Gasteiger charge is -2.22. The van der Waals surface area contributed by atoms with E-state index >= 15 is 0 Å². The standard InChI is InChI=1S/C14H12N2O3/c1-16-11(7-10(8-15)12(16)14(18)19)13(17)9-5-3-2-4-6-9/h2-6,11H,7H2,1H3,(H,18,19). The van der Waals surface area contributed by atoms with E-state index in [0.29, 0.717) is 5.56 Å². The van der Waals surface area contributed by atoms with Crippen molar-refractivity contribution >= 4 is 11.8 Å². The summed E-state index contributed by atoms with van der Waals surface area (Å²) >= 11 is 0. The molecule has 0 saturated carbocycles. The van der Waals surface area contributed by atoms with E-state index in [4.69, 9.17) is 10.4 Å². The van der Waals surface area contributed by atoms with Gasteiger partial charge in [0.05, 0.1) is 17.7 Å². The van der Waals surface area contributed by atoms with Crippen molar-refractivity contribution in [3.05, 3.63) is 47.2 Å². The minimum Gasteiger partial charge on any atom is -0.477 e. The molecule has 0 fully saturated rings. The van der Waals surface area contributed by atoms with Gasteiger partial charge in [-0.15, -0.1) is 0 Å². The monoisotopic (exact) mass is 256 g/mol. The average Bonchev–Trinajstić information content (AvgIpc) is 2.76. The molecule has 0 aliphatic carbocycles. The van der Waals surface area contributed by atoms with Gasteiger partial charge in [0, 0.05) is 19.0 Å². The molecule has 2 rings (SSSR count). The summed E-state index contributed by atoms with van der Waals surface area (Å²) in [5.41, 5.74) is 0.573. The number of carboxylic acids is 1. The van der Waals surface area contributed by atoms with E-state index < -0.39 is 12.0 Å². The third-order valence-corrected chi connectivity index (χ3v) is 3.20. The first-order valence-electron chi connectivity index (χ1n) is 5.75. The molecule has 0 spiro atoms. The number of Topliss-reactive ketones (excluding diaryl/α,β-unsaturated/α-hetero) is 1. The largest absolute Gasteiger partial charge is 0.477 e. The van der Waals surface area contributed by atoms with Gasteiger partial charge >= 0.3 is 5.97 Å². The molecule has 0 radical (unpaired) electrons. The predicted octanol–water partition coefficient (Wildman–Crippen LogP) is 1.44. The van der Waals surface area contributed by atoms with Crippen LogP contribution < -0.4 is 0 Å². The Kier molecular flexibility index (Phi) is 3.34. The maximum Gasteiger partial charge on any atom is 0.353 e. The number of benzene rings is 1. The highest BCUT2D eigenvalue weighted by molar-refractivity contribution is 6.02. The van der Waals surface area contributed by atoms with Crippen LogP contribution in [0.2, 0.25) is 0 Å². The highest BCUT2D eigenvalue weighted by Gasteiger charge is 2.37. The molecule has 5 heteroatoms. The van der Waals surface area contributed by atoms with Crippen molar-refractivity contribution in [1.29, 1.82) is 5.26 Å². The van der Waals surface area contributed by atoms with E-state index in [1.54, 1.807) is 30.3 Å². The maximum absolute atomic E-state index is 12.3. The molecule has 0 saturated heterocycles.